The third-order valence-electron chi connectivity index (χ3n) is 1.93. The molecule has 0 spiro atoms. The molecule has 0 aromatic rings. The summed E-state index contributed by atoms with van der Waals surface area (Å²) in [5.41, 5.74) is 0. The highest BCUT2D eigenvalue weighted by Crippen LogP contribution is 2.17. The molecule has 15 heavy (non-hydrogen) atoms. The van der Waals surface area contributed by atoms with Gasteiger partial charge in [-0.3, -0.25) is 0 Å². The van der Waals surface area contributed by atoms with Crippen molar-refractivity contribution < 1.29 is 20.9 Å². The monoisotopic (exact) mass is 284 g/mol. The van der Waals surface area contributed by atoms with Crippen molar-refractivity contribution in [3.8, 4) is 0 Å². The van der Waals surface area contributed by atoms with Crippen LogP contribution in [-0.4, -0.2) is 43.3 Å². The van der Waals surface area contributed by atoms with Gasteiger partial charge in [0.15, 0.2) is 0 Å². The van der Waals surface area contributed by atoms with Crippen LogP contribution >= 0.6 is 0 Å². The standard InChI is InChI=1S/C6H20O5Si4/c1-6-7-15(5)10-13(3)8-12(2)9-14(4)11-15/h12-14H,6H2,1-5H3. The largest absolute Gasteiger partial charge is 0.479 e. The minimum atomic E-state index is -2.48. The van der Waals surface area contributed by atoms with Crippen LogP contribution in [0, 0.1) is 0 Å². The van der Waals surface area contributed by atoms with Crippen molar-refractivity contribution in [1.29, 1.82) is 0 Å². The zero-order valence-electron chi connectivity index (χ0n) is 9.98. The molecule has 0 bridgehead atoms. The van der Waals surface area contributed by atoms with Crippen LogP contribution in [-0.2, 0) is 20.9 Å². The lowest BCUT2D eigenvalue weighted by Gasteiger charge is -2.35. The molecule has 1 fully saturated rings. The van der Waals surface area contributed by atoms with Gasteiger partial charge in [0.1, 0.15) is 0 Å². The predicted octanol–water partition coefficient (Wildman–Crippen LogP) is 0.222. The highest BCUT2D eigenvalue weighted by atomic mass is 28.5. The van der Waals surface area contributed by atoms with E-state index in [0.717, 1.165) is 0 Å². The Bertz CT molecular complexity index is 192. The summed E-state index contributed by atoms with van der Waals surface area (Å²) in [5, 5.41) is 0. The molecule has 2 unspecified atom stereocenters. The Hall–Kier alpha value is 0.668. The lowest BCUT2D eigenvalue weighted by Crippen LogP contribution is -2.54. The molecule has 1 heterocycles. The number of hydrogen-bond acceptors (Lipinski definition) is 5. The third kappa shape index (κ3) is 4.58. The molecule has 0 aromatic carbocycles. The van der Waals surface area contributed by atoms with E-state index in [9.17, 15) is 0 Å². The smallest absolute Gasteiger partial charge is 0.420 e. The van der Waals surface area contributed by atoms with Crippen LogP contribution in [0.1, 0.15) is 6.92 Å². The van der Waals surface area contributed by atoms with Crippen molar-refractivity contribution in [2.45, 2.75) is 33.1 Å². The van der Waals surface area contributed by atoms with Crippen molar-refractivity contribution in [2.75, 3.05) is 6.61 Å². The summed E-state index contributed by atoms with van der Waals surface area (Å²) in [5.74, 6) is 0. The van der Waals surface area contributed by atoms with E-state index in [4.69, 9.17) is 20.9 Å². The summed E-state index contributed by atoms with van der Waals surface area (Å²) >= 11 is 0. The Balaban J connectivity index is 2.65. The molecule has 0 aliphatic carbocycles. The van der Waals surface area contributed by atoms with Gasteiger partial charge in [-0.25, -0.2) is 0 Å². The fourth-order valence-electron chi connectivity index (χ4n) is 1.59. The van der Waals surface area contributed by atoms with Gasteiger partial charge in [-0.1, -0.05) is 0 Å². The minimum absolute atomic E-state index is 0.609. The quantitative estimate of drug-likeness (QED) is 0.679. The molecule has 1 rings (SSSR count). The maximum atomic E-state index is 5.86. The van der Waals surface area contributed by atoms with Crippen LogP contribution in [0.25, 0.3) is 0 Å². The fraction of sp³-hybridized carbons (Fsp3) is 1.00. The summed E-state index contributed by atoms with van der Waals surface area (Å²) in [6.45, 7) is 10.5. The van der Waals surface area contributed by atoms with Gasteiger partial charge in [0, 0.05) is 13.2 Å². The summed E-state index contributed by atoms with van der Waals surface area (Å²) in [6, 6.07) is 0. The van der Waals surface area contributed by atoms with Gasteiger partial charge in [-0.2, -0.15) is 0 Å². The molecule has 0 saturated carbocycles. The van der Waals surface area contributed by atoms with Crippen LogP contribution < -0.4 is 0 Å². The van der Waals surface area contributed by atoms with Crippen molar-refractivity contribution in [3.05, 3.63) is 0 Å². The first-order chi connectivity index (χ1) is 6.95. The van der Waals surface area contributed by atoms with Gasteiger partial charge in [0.2, 0.25) is 0 Å². The SMILES string of the molecule is CCO[Si]1(C)O[SiH](C)O[SiH](C)O[SiH](C)O1. The molecule has 1 saturated heterocycles. The van der Waals surface area contributed by atoms with Crippen LogP contribution in [0.15, 0.2) is 0 Å². The van der Waals surface area contributed by atoms with Gasteiger partial charge in [-0.15, -0.1) is 0 Å². The van der Waals surface area contributed by atoms with E-state index in [1.54, 1.807) is 0 Å². The number of rotatable bonds is 2. The average molecular weight is 285 g/mol. The van der Waals surface area contributed by atoms with Gasteiger partial charge < -0.3 is 20.9 Å². The van der Waals surface area contributed by atoms with Crippen LogP contribution in [0.3, 0.4) is 0 Å². The number of hydrogen-bond donors (Lipinski definition) is 0. The van der Waals surface area contributed by atoms with Crippen molar-refractivity contribution in [3.63, 3.8) is 0 Å². The molecular formula is C6H20O5Si4. The second-order valence-corrected chi connectivity index (χ2v) is 13.0. The Labute approximate surface area is 97.5 Å². The molecule has 0 amide bonds. The molecule has 5 nitrogen and oxygen atoms in total. The molecule has 2 atom stereocenters. The molecule has 90 valence electrons. The summed E-state index contributed by atoms with van der Waals surface area (Å²) < 4.78 is 28.8. The first-order valence-electron chi connectivity index (χ1n) is 5.25. The second kappa shape index (κ2) is 5.84. The Morgan fingerprint density at radius 2 is 1.47 bits per heavy atom. The summed E-state index contributed by atoms with van der Waals surface area (Å²) in [6.07, 6.45) is 0. The summed E-state index contributed by atoms with van der Waals surface area (Å²) in [4.78, 5) is 0. The van der Waals surface area contributed by atoms with Crippen molar-refractivity contribution in [2.24, 2.45) is 0 Å². The van der Waals surface area contributed by atoms with E-state index in [1.807, 2.05) is 33.1 Å². The molecule has 0 aromatic heterocycles. The van der Waals surface area contributed by atoms with E-state index < -0.39 is 36.7 Å². The van der Waals surface area contributed by atoms with Crippen LogP contribution in [0.5, 0.6) is 0 Å². The maximum absolute atomic E-state index is 5.86. The van der Waals surface area contributed by atoms with Crippen molar-refractivity contribution >= 4 is 36.7 Å². The van der Waals surface area contributed by atoms with E-state index in [2.05, 4.69) is 0 Å². The van der Waals surface area contributed by atoms with Gasteiger partial charge in [0.25, 0.3) is 9.28 Å². The normalized spacial score (nSPS) is 43.4. The molecule has 9 heteroatoms. The van der Waals surface area contributed by atoms with Crippen LogP contribution in [0.4, 0.5) is 0 Å². The average Bonchev–Trinajstić information content (AvgIpc) is 1.99. The van der Waals surface area contributed by atoms with Gasteiger partial charge >= 0.3 is 27.4 Å². The van der Waals surface area contributed by atoms with E-state index in [0.29, 0.717) is 6.61 Å². The zero-order chi connectivity index (χ0) is 11.5. The zero-order valence-corrected chi connectivity index (χ0v) is 14.4. The van der Waals surface area contributed by atoms with Gasteiger partial charge in [-0.05, 0) is 26.6 Å². The fourth-order valence-corrected chi connectivity index (χ4v) is 14.8. The first-order valence-corrected chi connectivity index (χ1v) is 13.8. The maximum Gasteiger partial charge on any atom is 0.479 e. The molecule has 1 aliphatic rings. The predicted molar refractivity (Wildman–Crippen MR) is 66.6 cm³/mol. The highest BCUT2D eigenvalue weighted by molar-refractivity contribution is 6.77. The molecular weight excluding hydrogens is 264 g/mol. The lowest BCUT2D eigenvalue weighted by atomic mass is 10.9. The van der Waals surface area contributed by atoms with E-state index in [1.165, 1.54) is 0 Å². The molecule has 0 N–H and O–H groups in total. The van der Waals surface area contributed by atoms with E-state index >= 15 is 0 Å². The Morgan fingerprint density at radius 1 is 1.00 bits per heavy atom. The second-order valence-electron chi connectivity index (χ2n) is 3.51. The molecule has 0 radical (unpaired) electrons. The topological polar surface area (TPSA) is 46.2 Å². The summed E-state index contributed by atoms with van der Waals surface area (Å²) in [7, 11) is -7.28. The first kappa shape index (κ1) is 13.7. The van der Waals surface area contributed by atoms with Crippen LogP contribution in [0.2, 0.25) is 26.2 Å². The Morgan fingerprint density at radius 3 is 1.87 bits per heavy atom. The minimum Gasteiger partial charge on any atom is -0.420 e. The van der Waals surface area contributed by atoms with E-state index in [-0.39, 0.29) is 0 Å². The third-order valence-corrected chi connectivity index (χ3v) is 15.0. The lowest BCUT2D eigenvalue weighted by molar-refractivity contribution is 0.151. The highest BCUT2D eigenvalue weighted by Gasteiger charge is 2.41. The van der Waals surface area contributed by atoms with Gasteiger partial charge in [0.05, 0.1) is 0 Å². The Kier molecular flexibility index (Phi) is 5.34. The van der Waals surface area contributed by atoms with Crippen molar-refractivity contribution in [1.82, 2.24) is 0 Å². The molecule has 1 aliphatic heterocycles.